The van der Waals surface area contributed by atoms with Gasteiger partial charge in [-0.1, -0.05) is 42.0 Å². The number of nitrogens with zero attached hydrogens (tertiary/aromatic N) is 1. The minimum Gasteiger partial charge on any atom is -0.379 e. The number of hydrogen-bond acceptors (Lipinski definition) is 4. The molecular formula is C17H23NO2S. The highest BCUT2D eigenvalue weighted by Gasteiger charge is 2.43. The number of hydrogen-bond donors (Lipinski definition) is 0. The average Bonchev–Trinajstić information content (AvgIpc) is 2.56. The molecule has 3 rings (SSSR count). The van der Waals surface area contributed by atoms with Crippen LogP contribution in [0.2, 0.25) is 0 Å². The molecule has 1 aromatic carbocycles. The second-order valence-corrected chi connectivity index (χ2v) is 6.39. The molecule has 114 valence electrons. The monoisotopic (exact) mass is 305 g/mol. The molecule has 3 nitrogen and oxygen atoms in total. The van der Waals surface area contributed by atoms with E-state index in [2.05, 4.69) is 36.1 Å². The van der Waals surface area contributed by atoms with Crippen LogP contribution in [0.4, 0.5) is 0 Å². The second kappa shape index (κ2) is 6.53. The molecule has 0 bridgehead atoms. The number of rotatable bonds is 3. The van der Waals surface area contributed by atoms with Crippen molar-refractivity contribution in [3.8, 4) is 0 Å². The maximum atomic E-state index is 5.91. The van der Waals surface area contributed by atoms with Gasteiger partial charge in [-0.2, -0.15) is 0 Å². The molecule has 2 saturated heterocycles. The summed E-state index contributed by atoms with van der Waals surface area (Å²) >= 11 is 5.91. The van der Waals surface area contributed by atoms with Gasteiger partial charge in [-0.3, -0.25) is 4.90 Å². The van der Waals surface area contributed by atoms with Gasteiger partial charge in [-0.25, -0.2) is 0 Å². The van der Waals surface area contributed by atoms with Gasteiger partial charge in [0, 0.05) is 24.6 Å². The van der Waals surface area contributed by atoms with E-state index in [4.69, 9.17) is 21.7 Å². The first kappa shape index (κ1) is 15.1. The Labute approximate surface area is 132 Å². The highest BCUT2D eigenvalue weighted by Crippen LogP contribution is 2.32. The molecule has 2 aliphatic rings. The van der Waals surface area contributed by atoms with Crippen LogP contribution in [0.25, 0.3) is 0 Å². The summed E-state index contributed by atoms with van der Waals surface area (Å²) < 4.78 is 11.3. The molecular weight excluding hydrogens is 282 g/mol. The minimum absolute atomic E-state index is 0.132. The SMILES string of the molecule is Cc1ccc(C(=S)C2(N3CCOCC3)CCCOC2)cc1. The van der Waals surface area contributed by atoms with Crippen molar-refractivity contribution in [2.45, 2.75) is 25.3 Å². The second-order valence-electron chi connectivity index (χ2n) is 5.98. The van der Waals surface area contributed by atoms with Gasteiger partial charge in [-0.15, -0.1) is 0 Å². The van der Waals surface area contributed by atoms with Gasteiger partial charge in [-0.05, 0) is 25.3 Å². The lowest BCUT2D eigenvalue weighted by atomic mass is 9.83. The van der Waals surface area contributed by atoms with E-state index in [0.29, 0.717) is 6.61 Å². The number of morpholine rings is 1. The minimum atomic E-state index is -0.132. The molecule has 0 amide bonds. The Kier molecular flexibility index (Phi) is 4.69. The maximum absolute atomic E-state index is 5.91. The average molecular weight is 305 g/mol. The molecule has 1 aromatic rings. The molecule has 2 aliphatic heterocycles. The zero-order valence-corrected chi connectivity index (χ0v) is 13.5. The molecule has 0 spiro atoms. The quantitative estimate of drug-likeness (QED) is 0.632. The van der Waals surface area contributed by atoms with E-state index in [0.717, 1.165) is 56.2 Å². The van der Waals surface area contributed by atoms with Gasteiger partial charge in [0.1, 0.15) is 0 Å². The summed E-state index contributed by atoms with van der Waals surface area (Å²) in [4.78, 5) is 3.52. The van der Waals surface area contributed by atoms with E-state index in [1.54, 1.807) is 0 Å². The third-order valence-electron chi connectivity index (χ3n) is 4.57. The molecule has 0 saturated carbocycles. The number of ether oxygens (including phenoxy) is 2. The first-order valence-corrected chi connectivity index (χ1v) is 8.15. The standard InChI is InChI=1S/C17H23NO2S/c1-14-3-5-15(6-4-14)16(21)17(7-2-10-20-13-17)18-8-11-19-12-9-18/h3-6H,2,7-13H2,1H3. The number of benzene rings is 1. The van der Waals surface area contributed by atoms with E-state index in [1.807, 2.05) is 0 Å². The topological polar surface area (TPSA) is 21.7 Å². The van der Waals surface area contributed by atoms with Crippen molar-refractivity contribution in [3.63, 3.8) is 0 Å². The molecule has 0 N–H and O–H groups in total. The molecule has 2 heterocycles. The van der Waals surface area contributed by atoms with Gasteiger partial charge >= 0.3 is 0 Å². The maximum Gasteiger partial charge on any atom is 0.0807 e. The van der Waals surface area contributed by atoms with E-state index in [1.165, 1.54) is 5.56 Å². The van der Waals surface area contributed by atoms with Gasteiger partial charge in [0.2, 0.25) is 0 Å². The van der Waals surface area contributed by atoms with Crippen molar-refractivity contribution in [1.82, 2.24) is 4.90 Å². The molecule has 0 aromatic heterocycles. The van der Waals surface area contributed by atoms with Gasteiger partial charge in [0.05, 0.1) is 25.4 Å². The smallest absolute Gasteiger partial charge is 0.0807 e. The van der Waals surface area contributed by atoms with Crippen molar-refractivity contribution in [3.05, 3.63) is 35.4 Å². The number of aryl methyl sites for hydroxylation is 1. The fourth-order valence-electron chi connectivity index (χ4n) is 3.32. The van der Waals surface area contributed by atoms with E-state index in [9.17, 15) is 0 Å². The van der Waals surface area contributed by atoms with Crippen molar-refractivity contribution >= 4 is 17.1 Å². The van der Waals surface area contributed by atoms with Crippen molar-refractivity contribution in [2.75, 3.05) is 39.5 Å². The zero-order chi connectivity index (χ0) is 14.7. The van der Waals surface area contributed by atoms with Crippen LogP contribution in [0.5, 0.6) is 0 Å². The number of thiocarbonyl (C=S) groups is 1. The molecule has 1 atom stereocenters. The van der Waals surface area contributed by atoms with Gasteiger partial charge in [0.25, 0.3) is 0 Å². The van der Waals surface area contributed by atoms with Crippen LogP contribution in [0.3, 0.4) is 0 Å². The highest BCUT2D eigenvalue weighted by atomic mass is 32.1. The van der Waals surface area contributed by atoms with Gasteiger partial charge < -0.3 is 9.47 Å². The predicted octanol–water partition coefficient (Wildman–Crippen LogP) is 2.59. The lowest BCUT2D eigenvalue weighted by Crippen LogP contribution is -2.61. The summed E-state index contributed by atoms with van der Waals surface area (Å²) in [5, 5.41) is 0. The summed E-state index contributed by atoms with van der Waals surface area (Å²) in [6, 6.07) is 8.57. The van der Waals surface area contributed by atoms with Crippen molar-refractivity contribution in [1.29, 1.82) is 0 Å². The van der Waals surface area contributed by atoms with Crippen LogP contribution in [0, 0.1) is 6.92 Å². The lowest BCUT2D eigenvalue weighted by Gasteiger charge is -2.48. The summed E-state index contributed by atoms with van der Waals surface area (Å²) in [6.45, 7) is 7.12. The first-order chi connectivity index (χ1) is 10.2. The van der Waals surface area contributed by atoms with E-state index >= 15 is 0 Å². The van der Waals surface area contributed by atoms with Crippen molar-refractivity contribution in [2.24, 2.45) is 0 Å². The molecule has 2 fully saturated rings. The Morgan fingerprint density at radius 3 is 2.43 bits per heavy atom. The molecule has 21 heavy (non-hydrogen) atoms. The van der Waals surface area contributed by atoms with Crippen LogP contribution in [-0.2, 0) is 9.47 Å². The fourth-order valence-corrected chi connectivity index (χ4v) is 3.74. The largest absolute Gasteiger partial charge is 0.379 e. The van der Waals surface area contributed by atoms with E-state index < -0.39 is 0 Å². The molecule has 0 radical (unpaired) electrons. The van der Waals surface area contributed by atoms with Crippen LogP contribution in [0.15, 0.2) is 24.3 Å². The normalized spacial score (nSPS) is 27.5. The third-order valence-corrected chi connectivity index (χ3v) is 5.19. The Hall–Kier alpha value is -0.810. The Bertz CT molecular complexity index is 488. The predicted molar refractivity (Wildman–Crippen MR) is 88.1 cm³/mol. The van der Waals surface area contributed by atoms with Gasteiger partial charge in [0.15, 0.2) is 0 Å². The zero-order valence-electron chi connectivity index (χ0n) is 12.6. The van der Waals surface area contributed by atoms with Crippen LogP contribution in [-0.4, -0.2) is 54.8 Å². The molecule has 0 aliphatic carbocycles. The summed E-state index contributed by atoms with van der Waals surface area (Å²) in [5.41, 5.74) is 2.29. The Morgan fingerprint density at radius 1 is 1.10 bits per heavy atom. The molecule has 4 heteroatoms. The molecule has 1 unspecified atom stereocenters. The fraction of sp³-hybridized carbons (Fsp3) is 0.588. The summed E-state index contributed by atoms with van der Waals surface area (Å²) in [5.74, 6) is 0. The Morgan fingerprint density at radius 2 is 1.81 bits per heavy atom. The first-order valence-electron chi connectivity index (χ1n) is 7.74. The Balaban J connectivity index is 1.90. The highest BCUT2D eigenvalue weighted by molar-refractivity contribution is 7.81. The lowest BCUT2D eigenvalue weighted by molar-refractivity contribution is -0.0545. The summed E-state index contributed by atoms with van der Waals surface area (Å²) in [6.07, 6.45) is 2.16. The third kappa shape index (κ3) is 3.04. The van der Waals surface area contributed by atoms with Crippen LogP contribution in [0.1, 0.15) is 24.0 Å². The summed E-state index contributed by atoms with van der Waals surface area (Å²) in [7, 11) is 0. The van der Waals surface area contributed by atoms with Crippen LogP contribution >= 0.6 is 12.2 Å². The van der Waals surface area contributed by atoms with Crippen molar-refractivity contribution < 1.29 is 9.47 Å². The van der Waals surface area contributed by atoms with Crippen LogP contribution < -0.4 is 0 Å². The van der Waals surface area contributed by atoms with E-state index in [-0.39, 0.29) is 5.54 Å².